The van der Waals surface area contributed by atoms with E-state index in [1.165, 1.54) is 37.8 Å². The first-order valence-electron chi connectivity index (χ1n) is 5.22. The smallest absolute Gasteiger partial charge is 0.136 e. The summed E-state index contributed by atoms with van der Waals surface area (Å²) in [6.07, 6.45) is 7.33. The summed E-state index contributed by atoms with van der Waals surface area (Å²) in [6, 6.07) is 2.87. The number of nitrogens with one attached hydrogen (secondary N) is 1. The van der Waals surface area contributed by atoms with Crippen LogP contribution in [0.25, 0.3) is 0 Å². The van der Waals surface area contributed by atoms with E-state index < -0.39 is 8.96 Å². The van der Waals surface area contributed by atoms with Crippen molar-refractivity contribution in [2.75, 3.05) is 0 Å². The highest BCUT2D eigenvalue weighted by molar-refractivity contribution is 6.56. The summed E-state index contributed by atoms with van der Waals surface area (Å²) in [7, 11) is -0.637. The van der Waals surface area contributed by atoms with E-state index in [4.69, 9.17) is 0 Å². The minimum absolute atomic E-state index is 0.637. The fourth-order valence-electron chi connectivity index (χ4n) is 1.38. The summed E-state index contributed by atoms with van der Waals surface area (Å²) in [5.74, 6) is 0. The molecular weight excluding hydrogens is 162 g/mol. The number of hydrogen-bond donors (Lipinski definition) is 1. The summed E-state index contributed by atoms with van der Waals surface area (Å²) in [5, 5.41) is 0. The molecule has 1 nitrogen and oxygen atoms in total. The maximum Gasteiger partial charge on any atom is 0.136 e. The molecule has 0 aromatic carbocycles. The van der Waals surface area contributed by atoms with Gasteiger partial charge in [0, 0.05) is 0 Å². The lowest BCUT2D eigenvalue weighted by Gasteiger charge is -2.13. The Labute approximate surface area is 78.9 Å². The Morgan fingerprint density at radius 1 is 1.17 bits per heavy atom. The Hall–Kier alpha value is -0.243. The molecule has 0 saturated heterocycles. The predicted molar refractivity (Wildman–Crippen MR) is 59.9 cm³/mol. The molecular formula is C10H23NSi. The van der Waals surface area contributed by atoms with Gasteiger partial charge in [-0.25, -0.2) is 0 Å². The van der Waals surface area contributed by atoms with E-state index in [2.05, 4.69) is 25.4 Å². The molecule has 0 saturated carbocycles. The molecule has 0 rings (SSSR count). The quantitative estimate of drug-likeness (QED) is 0.573. The lowest BCUT2D eigenvalue weighted by molar-refractivity contribution is 0.831. The summed E-state index contributed by atoms with van der Waals surface area (Å²) in [5.41, 5.74) is 0. The van der Waals surface area contributed by atoms with Crippen molar-refractivity contribution < 1.29 is 0 Å². The molecule has 0 aromatic heterocycles. The lowest BCUT2D eigenvalue weighted by Crippen LogP contribution is -2.28. The maximum atomic E-state index is 3.74. The minimum atomic E-state index is -0.637. The van der Waals surface area contributed by atoms with Crippen LogP contribution >= 0.6 is 0 Å². The molecule has 1 N–H and O–H groups in total. The molecule has 2 heteroatoms. The van der Waals surface area contributed by atoms with Gasteiger partial charge in [0.2, 0.25) is 0 Å². The van der Waals surface area contributed by atoms with Gasteiger partial charge in [-0.05, 0) is 18.3 Å². The summed E-state index contributed by atoms with van der Waals surface area (Å²) < 4.78 is 0. The van der Waals surface area contributed by atoms with Crippen LogP contribution in [0.4, 0.5) is 0 Å². The molecule has 0 atom stereocenters. The van der Waals surface area contributed by atoms with Gasteiger partial charge in [-0.15, -0.1) is 0 Å². The topological polar surface area (TPSA) is 12.0 Å². The molecule has 0 heterocycles. The van der Waals surface area contributed by atoms with Gasteiger partial charge >= 0.3 is 0 Å². The fraction of sp³-hybridized carbons (Fsp3) is 0.800. The highest BCUT2D eigenvalue weighted by atomic mass is 28.3. The van der Waals surface area contributed by atoms with E-state index in [1.54, 1.807) is 0 Å². The van der Waals surface area contributed by atoms with Crippen molar-refractivity contribution in [3.05, 3.63) is 12.8 Å². The fourth-order valence-corrected chi connectivity index (χ4v) is 4.14. The Balaban J connectivity index is 3.46. The van der Waals surface area contributed by atoms with Crippen LogP contribution in [0, 0.1) is 0 Å². The van der Waals surface area contributed by atoms with Crippen molar-refractivity contribution in [3.8, 4) is 0 Å². The van der Waals surface area contributed by atoms with E-state index in [-0.39, 0.29) is 0 Å². The van der Waals surface area contributed by atoms with Gasteiger partial charge in [-0.2, -0.15) is 0 Å². The Morgan fingerprint density at radius 2 is 1.67 bits per heavy atom. The van der Waals surface area contributed by atoms with E-state index in [0.717, 1.165) is 0 Å². The third kappa shape index (κ3) is 6.47. The van der Waals surface area contributed by atoms with Crippen molar-refractivity contribution in [2.45, 2.75) is 51.6 Å². The molecule has 12 heavy (non-hydrogen) atoms. The molecule has 0 spiro atoms. The van der Waals surface area contributed by atoms with Gasteiger partial charge in [-0.3, -0.25) is 0 Å². The van der Waals surface area contributed by atoms with Crippen molar-refractivity contribution in [3.63, 3.8) is 0 Å². The average molecular weight is 185 g/mol. The number of hydrogen-bond acceptors (Lipinski definition) is 1. The SMILES string of the molecule is C=CN[SiH](CCCC)CCCC. The van der Waals surface area contributed by atoms with Gasteiger partial charge in [0.25, 0.3) is 0 Å². The monoisotopic (exact) mass is 185 g/mol. The van der Waals surface area contributed by atoms with Crippen LogP contribution in [-0.2, 0) is 0 Å². The third-order valence-electron chi connectivity index (χ3n) is 2.17. The molecule has 0 fully saturated rings. The van der Waals surface area contributed by atoms with Crippen molar-refractivity contribution in [2.24, 2.45) is 0 Å². The maximum absolute atomic E-state index is 3.74. The van der Waals surface area contributed by atoms with Crippen LogP contribution in [-0.4, -0.2) is 8.96 Å². The first-order valence-corrected chi connectivity index (χ1v) is 7.43. The first-order chi connectivity index (χ1) is 5.85. The molecule has 0 aliphatic rings. The van der Waals surface area contributed by atoms with E-state index >= 15 is 0 Å². The highest BCUT2D eigenvalue weighted by Crippen LogP contribution is 2.07. The molecule has 0 aliphatic carbocycles. The van der Waals surface area contributed by atoms with E-state index in [9.17, 15) is 0 Å². The molecule has 0 unspecified atom stereocenters. The molecule has 0 bridgehead atoms. The van der Waals surface area contributed by atoms with Crippen molar-refractivity contribution >= 4 is 8.96 Å². The summed E-state index contributed by atoms with van der Waals surface area (Å²) in [4.78, 5) is 3.46. The van der Waals surface area contributed by atoms with Gasteiger partial charge in [-0.1, -0.05) is 46.1 Å². The van der Waals surface area contributed by atoms with Gasteiger partial charge in [0.05, 0.1) is 0 Å². The number of unbranched alkanes of at least 4 members (excludes halogenated alkanes) is 2. The van der Waals surface area contributed by atoms with Crippen LogP contribution in [0.15, 0.2) is 12.8 Å². The summed E-state index contributed by atoms with van der Waals surface area (Å²) in [6.45, 7) is 8.27. The van der Waals surface area contributed by atoms with Crippen LogP contribution in [0.1, 0.15) is 39.5 Å². The molecule has 0 amide bonds. The predicted octanol–water partition coefficient (Wildman–Crippen LogP) is 3.04. The Morgan fingerprint density at radius 3 is 2.00 bits per heavy atom. The largest absolute Gasteiger partial charge is 0.419 e. The molecule has 72 valence electrons. The Kier molecular flexibility index (Phi) is 8.67. The van der Waals surface area contributed by atoms with Gasteiger partial charge in [0.1, 0.15) is 8.96 Å². The van der Waals surface area contributed by atoms with Crippen molar-refractivity contribution in [1.82, 2.24) is 4.98 Å². The van der Waals surface area contributed by atoms with Gasteiger partial charge < -0.3 is 4.98 Å². The molecule has 0 aliphatic heterocycles. The van der Waals surface area contributed by atoms with E-state index in [1.807, 2.05) is 6.20 Å². The summed E-state index contributed by atoms with van der Waals surface area (Å²) >= 11 is 0. The van der Waals surface area contributed by atoms with Crippen LogP contribution in [0.3, 0.4) is 0 Å². The number of rotatable bonds is 8. The van der Waals surface area contributed by atoms with E-state index in [0.29, 0.717) is 0 Å². The van der Waals surface area contributed by atoms with Crippen LogP contribution in [0.2, 0.25) is 12.1 Å². The zero-order chi connectivity index (χ0) is 9.23. The zero-order valence-corrected chi connectivity index (χ0v) is 9.76. The Bertz CT molecular complexity index is 96.0. The highest BCUT2D eigenvalue weighted by Gasteiger charge is 2.06. The average Bonchev–Trinajstić information content (AvgIpc) is 2.10. The van der Waals surface area contributed by atoms with Crippen LogP contribution < -0.4 is 4.98 Å². The van der Waals surface area contributed by atoms with Crippen LogP contribution in [0.5, 0.6) is 0 Å². The zero-order valence-electron chi connectivity index (χ0n) is 8.60. The second-order valence-electron chi connectivity index (χ2n) is 3.35. The lowest BCUT2D eigenvalue weighted by atomic mass is 10.4. The second-order valence-corrected chi connectivity index (χ2v) is 6.23. The molecule has 0 aromatic rings. The first kappa shape index (κ1) is 11.8. The normalized spacial score (nSPS) is 10.2. The second kappa shape index (κ2) is 8.85. The van der Waals surface area contributed by atoms with Gasteiger partial charge in [0.15, 0.2) is 0 Å². The van der Waals surface area contributed by atoms with Crippen molar-refractivity contribution in [1.29, 1.82) is 0 Å². The molecule has 0 radical (unpaired) electrons. The minimum Gasteiger partial charge on any atom is -0.419 e. The standard InChI is InChI=1S/C10H23NSi/c1-4-7-9-12(11-6-3)10-8-5-2/h6,11-12H,3-5,7-10H2,1-2H3. The third-order valence-corrected chi connectivity index (χ3v) is 5.08.